The number of hydrogen-bond donors (Lipinski definition) is 1. The van der Waals surface area contributed by atoms with E-state index >= 15 is 0 Å². The van der Waals surface area contributed by atoms with E-state index in [0.717, 1.165) is 12.3 Å². The summed E-state index contributed by atoms with van der Waals surface area (Å²) in [6.45, 7) is 0.809. The highest BCUT2D eigenvalue weighted by molar-refractivity contribution is 5.78. The van der Waals surface area contributed by atoms with Gasteiger partial charge >= 0.3 is 6.18 Å². The number of nitrogens with one attached hydrogen (secondary N) is 1. The smallest absolute Gasteiger partial charge is 0.417 e. The van der Waals surface area contributed by atoms with E-state index in [2.05, 4.69) is 10.3 Å². The van der Waals surface area contributed by atoms with Crippen molar-refractivity contribution in [1.82, 2.24) is 10.3 Å². The standard InChI is InChI=1S/C18H17F4N3O2/c19-13-2-4-15(5-3-13)27-11-17(26)24-14-7-8-25(10-14)16-6-1-12(9-23-16)18(20,21)22/h1-6,9,14H,7-8,10-11H2,(H,24,26). The molecule has 1 atom stereocenters. The van der Waals surface area contributed by atoms with Crippen LogP contribution in [0.25, 0.3) is 0 Å². The van der Waals surface area contributed by atoms with Gasteiger partial charge in [-0.3, -0.25) is 4.79 Å². The largest absolute Gasteiger partial charge is 0.484 e. The van der Waals surface area contributed by atoms with Crippen LogP contribution in [0.5, 0.6) is 5.75 Å². The number of halogens is 4. The molecular weight excluding hydrogens is 366 g/mol. The Morgan fingerprint density at radius 2 is 1.96 bits per heavy atom. The van der Waals surface area contributed by atoms with Gasteiger partial charge in [0.25, 0.3) is 5.91 Å². The maximum Gasteiger partial charge on any atom is 0.417 e. The van der Waals surface area contributed by atoms with Crippen LogP contribution in [0.1, 0.15) is 12.0 Å². The SMILES string of the molecule is O=C(COc1ccc(F)cc1)NC1CCN(c2ccc(C(F)(F)F)cn2)C1. The van der Waals surface area contributed by atoms with Crippen LogP contribution in [0, 0.1) is 5.82 Å². The van der Waals surface area contributed by atoms with Gasteiger partial charge in [0.15, 0.2) is 6.61 Å². The van der Waals surface area contributed by atoms with E-state index in [-0.39, 0.29) is 18.6 Å². The van der Waals surface area contributed by atoms with Gasteiger partial charge in [0.05, 0.1) is 5.56 Å². The number of benzene rings is 1. The Labute approximate surface area is 153 Å². The fourth-order valence-corrected chi connectivity index (χ4v) is 2.78. The third kappa shape index (κ3) is 5.08. The van der Waals surface area contributed by atoms with Gasteiger partial charge in [-0.15, -0.1) is 0 Å². The van der Waals surface area contributed by atoms with Gasteiger partial charge in [-0.25, -0.2) is 9.37 Å². The van der Waals surface area contributed by atoms with Crippen molar-refractivity contribution in [1.29, 1.82) is 0 Å². The highest BCUT2D eigenvalue weighted by atomic mass is 19.4. The molecule has 2 aromatic rings. The highest BCUT2D eigenvalue weighted by Crippen LogP contribution is 2.29. The molecule has 1 aliphatic heterocycles. The molecule has 1 saturated heterocycles. The van der Waals surface area contributed by atoms with Crippen molar-refractivity contribution in [3.8, 4) is 5.75 Å². The van der Waals surface area contributed by atoms with Crippen molar-refractivity contribution in [2.75, 3.05) is 24.6 Å². The zero-order chi connectivity index (χ0) is 19.4. The van der Waals surface area contributed by atoms with E-state index < -0.39 is 17.6 Å². The van der Waals surface area contributed by atoms with Crippen molar-refractivity contribution in [3.63, 3.8) is 0 Å². The van der Waals surface area contributed by atoms with Crippen LogP contribution in [-0.4, -0.2) is 36.6 Å². The van der Waals surface area contributed by atoms with Crippen LogP contribution < -0.4 is 15.0 Å². The molecule has 27 heavy (non-hydrogen) atoms. The second kappa shape index (κ2) is 7.81. The van der Waals surface area contributed by atoms with Gasteiger partial charge in [-0.2, -0.15) is 13.2 Å². The lowest BCUT2D eigenvalue weighted by Gasteiger charge is -2.18. The number of amides is 1. The minimum Gasteiger partial charge on any atom is -0.484 e. The minimum absolute atomic E-state index is 0.154. The maximum absolute atomic E-state index is 12.8. The number of carbonyl (C=O) groups excluding carboxylic acids is 1. The number of anilines is 1. The average Bonchev–Trinajstić information content (AvgIpc) is 3.09. The lowest BCUT2D eigenvalue weighted by molar-refractivity contribution is -0.137. The zero-order valence-corrected chi connectivity index (χ0v) is 14.2. The van der Waals surface area contributed by atoms with E-state index in [9.17, 15) is 22.4 Å². The number of carbonyl (C=O) groups is 1. The first-order chi connectivity index (χ1) is 12.8. The Kier molecular flexibility index (Phi) is 5.48. The summed E-state index contributed by atoms with van der Waals surface area (Å²) < 4.78 is 55.8. The van der Waals surface area contributed by atoms with Gasteiger partial charge < -0.3 is 15.0 Å². The molecule has 1 fully saturated rings. The number of hydrogen-bond acceptors (Lipinski definition) is 4. The Hall–Kier alpha value is -2.84. The molecule has 1 aliphatic rings. The summed E-state index contributed by atoms with van der Waals surface area (Å²) >= 11 is 0. The topological polar surface area (TPSA) is 54.5 Å². The third-order valence-electron chi connectivity index (χ3n) is 4.14. The van der Waals surface area contributed by atoms with Gasteiger partial charge in [-0.05, 0) is 42.8 Å². The van der Waals surface area contributed by atoms with Crippen LogP contribution >= 0.6 is 0 Å². The molecule has 0 saturated carbocycles. The van der Waals surface area contributed by atoms with Crippen molar-refractivity contribution < 1.29 is 27.1 Å². The van der Waals surface area contributed by atoms with Crippen molar-refractivity contribution >= 4 is 11.7 Å². The number of alkyl halides is 3. The van der Waals surface area contributed by atoms with Crippen LogP contribution in [0.4, 0.5) is 23.4 Å². The molecule has 0 bridgehead atoms. The van der Waals surface area contributed by atoms with Crippen molar-refractivity contribution in [3.05, 3.63) is 54.0 Å². The fraction of sp³-hybridized carbons (Fsp3) is 0.333. The number of nitrogens with zero attached hydrogens (tertiary/aromatic N) is 2. The van der Waals surface area contributed by atoms with Crippen molar-refractivity contribution in [2.24, 2.45) is 0 Å². The van der Waals surface area contributed by atoms with Crippen LogP contribution in [-0.2, 0) is 11.0 Å². The first kappa shape index (κ1) is 18.9. The first-order valence-corrected chi connectivity index (χ1v) is 8.27. The summed E-state index contributed by atoms with van der Waals surface area (Å²) in [6, 6.07) is 7.48. The molecule has 5 nitrogen and oxygen atoms in total. The average molecular weight is 383 g/mol. The Bertz CT molecular complexity index is 779. The van der Waals surface area contributed by atoms with Crippen LogP contribution in [0.3, 0.4) is 0 Å². The molecule has 1 N–H and O–H groups in total. The Morgan fingerprint density at radius 3 is 2.59 bits per heavy atom. The molecule has 3 rings (SSSR count). The summed E-state index contributed by atoms with van der Waals surface area (Å²) in [7, 11) is 0. The van der Waals surface area contributed by atoms with Gasteiger partial charge in [-0.1, -0.05) is 0 Å². The molecule has 0 spiro atoms. The summed E-state index contributed by atoms with van der Waals surface area (Å²) in [6.07, 6.45) is -2.97. The van der Waals surface area contributed by atoms with E-state index in [1.165, 1.54) is 30.3 Å². The molecule has 2 heterocycles. The van der Waals surface area contributed by atoms with Gasteiger partial charge in [0, 0.05) is 25.3 Å². The number of pyridine rings is 1. The van der Waals surface area contributed by atoms with Crippen molar-refractivity contribution in [2.45, 2.75) is 18.6 Å². The Balaban J connectivity index is 1.47. The van der Waals surface area contributed by atoms with Gasteiger partial charge in [0.1, 0.15) is 17.4 Å². The molecule has 0 radical (unpaired) electrons. The Morgan fingerprint density at radius 1 is 1.22 bits per heavy atom. The monoisotopic (exact) mass is 383 g/mol. The van der Waals surface area contributed by atoms with E-state index in [4.69, 9.17) is 4.74 Å². The van der Waals surface area contributed by atoms with E-state index in [1.807, 2.05) is 4.90 Å². The number of aromatic nitrogens is 1. The summed E-state index contributed by atoms with van der Waals surface area (Å²) in [5.74, 6) is 0.0946. The summed E-state index contributed by atoms with van der Waals surface area (Å²) in [5.41, 5.74) is -0.798. The quantitative estimate of drug-likeness (QED) is 0.807. The molecule has 1 unspecified atom stereocenters. The molecule has 1 aromatic heterocycles. The minimum atomic E-state index is -4.42. The molecular formula is C18H17F4N3O2. The fourth-order valence-electron chi connectivity index (χ4n) is 2.78. The second-order valence-corrected chi connectivity index (χ2v) is 6.14. The lowest BCUT2D eigenvalue weighted by Crippen LogP contribution is -2.39. The predicted molar refractivity (Wildman–Crippen MR) is 89.9 cm³/mol. The van der Waals surface area contributed by atoms with E-state index in [0.29, 0.717) is 31.1 Å². The summed E-state index contributed by atoms with van der Waals surface area (Å²) in [4.78, 5) is 17.6. The lowest BCUT2D eigenvalue weighted by atomic mass is 10.2. The first-order valence-electron chi connectivity index (χ1n) is 8.27. The third-order valence-corrected chi connectivity index (χ3v) is 4.14. The molecule has 144 valence electrons. The summed E-state index contributed by atoms with van der Waals surface area (Å²) in [5, 5.41) is 2.81. The van der Waals surface area contributed by atoms with Crippen LogP contribution in [0.15, 0.2) is 42.6 Å². The maximum atomic E-state index is 12.8. The zero-order valence-electron chi connectivity index (χ0n) is 14.2. The second-order valence-electron chi connectivity index (χ2n) is 6.14. The number of rotatable bonds is 5. The molecule has 1 aromatic carbocycles. The normalized spacial score (nSPS) is 17.0. The van der Waals surface area contributed by atoms with Crippen LogP contribution in [0.2, 0.25) is 0 Å². The highest BCUT2D eigenvalue weighted by Gasteiger charge is 2.31. The molecule has 0 aliphatic carbocycles. The van der Waals surface area contributed by atoms with Gasteiger partial charge in [0.2, 0.25) is 0 Å². The molecule has 9 heteroatoms. The number of ether oxygens (including phenoxy) is 1. The predicted octanol–water partition coefficient (Wildman–Crippen LogP) is 3.01. The molecule has 1 amide bonds. The van der Waals surface area contributed by atoms with E-state index in [1.54, 1.807) is 0 Å².